The number of hydrogen-bond acceptors (Lipinski definition) is 8. The summed E-state index contributed by atoms with van der Waals surface area (Å²) in [6.45, 7) is 12.6. The van der Waals surface area contributed by atoms with E-state index in [0.29, 0.717) is 25.9 Å². The maximum Gasteiger partial charge on any atom is 0.246 e. The molecular weight excluding hydrogens is 715 g/mol. The third kappa shape index (κ3) is 11.2. The number of β-amino-alcohol motifs (C(OH)–C–C–N with tert-alkyl or cyclic N) is 1. The van der Waals surface area contributed by atoms with Crippen LogP contribution in [0.1, 0.15) is 102 Å². The molecule has 2 heterocycles. The second kappa shape index (κ2) is 18.2. The first-order valence-corrected chi connectivity index (χ1v) is 20.5. The maximum absolute atomic E-state index is 14.2. The van der Waals surface area contributed by atoms with Crippen molar-refractivity contribution in [2.75, 3.05) is 6.54 Å². The van der Waals surface area contributed by atoms with E-state index in [9.17, 15) is 24.3 Å². The summed E-state index contributed by atoms with van der Waals surface area (Å²) in [5.74, 6) is -0.861. The molecule has 0 spiro atoms. The van der Waals surface area contributed by atoms with E-state index in [1.165, 1.54) is 10.5 Å². The molecule has 5 rings (SSSR count). The van der Waals surface area contributed by atoms with Crippen LogP contribution in [0.5, 0.6) is 0 Å². The van der Waals surface area contributed by atoms with E-state index < -0.39 is 29.0 Å². The number of hydrogen-bond donors (Lipinski definition) is 4. The van der Waals surface area contributed by atoms with Gasteiger partial charge in [-0.1, -0.05) is 76.2 Å². The van der Waals surface area contributed by atoms with Gasteiger partial charge in [0.1, 0.15) is 12.1 Å². The Bertz CT molecular complexity index is 1780. The van der Waals surface area contributed by atoms with Crippen LogP contribution in [0.15, 0.2) is 54.0 Å². The van der Waals surface area contributed by atoms with E-state index in [-0.39, 0.29) is 55.2 Å². The topological polar surface area (TPSA) is 164 Å². The minimum absolute atomic E-state index is 0.00940. The highest BCUT2D eigenvalue weighted by molar-refractivity contribution is 7.13. The van der Waals surface area contributed by atoms with Gasteiger partial charge in [-0.25, -0.2) is 4.98 Å². The fourth-order valence-corrected chi connectivity index (χ4v) is 8.05. The molecule has 2 aliphatic rings. The average molecular weight is 774 g/mol. The Morgan fingerprint density at radius 3 is 2.29 bits per heavy atom. The Balaban J connectivity index is 1.12. The molecule has 1 aromatic heterocycles. The maximum atomic E-state index is 14.2. The molecule has 1 saturated heterocycles. The molecule has 0 radical (unpaired) electrons. The molecule has 2 aromatic carbocycles. The number of carbonyl (C=O) groups excluding carboxylic acids is 4. The molecule has 4 amide bonds. The predicted octanol–water partition coefficient (Wildman–Crippen LogP) is 5.84. The van der Waals surface area contributed by atoms with Gasteiger partial charge in [0.05, 0.1) is 34.9 Å². The van der Waals surface area contributed by atoms with Gasteiger partial charge >= 0.3 is 0 Å². The third-order valence-electron chi connectivity index (χ3n) is 11.3. The summed E-state index contributed by atoms with van der Waals surface area (Å²) in [4.78, 5) is 59.5. The molecule has 5 atom stereocenters. The normalized spacial score (nSPS) is 19.4. The summed E-state index contributed by atoms with van der Waals surface area (Å²) in [6, 6.07) is 14.6. The van der Waals surface area contributed by atoms with E-state index in [4.69, 9.17) is 10.5 Å². The summed E-state index contributed by atoms with van der Waals surface area (Å²) in [6.07, 6.45) is 4.30. The number of nitrogens with zero attached hydrogens (tertiary/aromatic N) is 2. The Morgan fingerprint density at radius 2 is 1.69 bits per heavy atom. The fourth-order valence-electron chi connectivity index (χ4n) is 7.24. The SMILES string of the molecule is Cc1ncsc1-c1ccc(CNC(=O)[C@@H]2C[C@@H](O)CN2C(=O)[C@@H](NC(=O)C2(CCCc3ccc(CO[C@H](C)[C@@H](C)CCC(N)=O)cc3)CC2)C(C)(C)C)cc1. The Hall–Kier alpha value is -4.13. The van der Waals surface area contributed by atoms with E-state index in [0.717, 1.165) is 52.9 Å². The molecule has 12 heteroatoms. The number of amides is 4. The number of aryl methyl sites for hydroxylation is 2. The quantitative estimate of drug-likeness (QED) is 0.126. The molecule has 5 N–H and O–H groups in total. The summed E-state index contributed by atoms with van der Waals surface area (Å²) >= 11 is 1.59. The molecule has 1 aliphatic carbocycles. The van der Waals surface area contributed by atoms with Crippen molar-refractivity contribution in [3.05, 3.63) is 76.4 Å². The summed E-state index contributed by atoms with van der Waals surface area (Å²) in [7, 11) is 0. The minimum atomic E-state index is -0.857. The van der Waals surface area contributed by atoms with Crippen molar-refractivity contribution in [1.82, 2.24) is 20.5 Å². The molecule has 0 unspecified atom stereocenters. The van der Waals surface area contributed by atoms with Crippen LogP contribution in [-0.4, -0.2) is 69.5 Å². The van der Waals surface area contributed by atoms with Crippen molar-refractivity contribution in [1.29, 1.82) is 0 Å². The lowest BCUT2D eigenvalue weighted by molar-refractivity contribution is -0.144. The lowest BCUT2D eigenvalue weighted by Gasteiger charge is -2.36. The van der Waals surface area contributed by atoms with E-state index >= 15 is 0 Å². The standard InChI is InChI=1S/C43H59N5O6S/c1-27(9-18-36(44)50)29(3)54-25-32-12-10-30(11-13-32)8-7-19-43(20-21-43)41(53)47-38(42(4,5)6)40(52)48-24-34(49)22-35(48)39(51)45-23-31-14-16-33(17-15-31)37-28(2)46-26-55-37/h10-17,26-27,29,34-35,38,49H,7-9,18-25H2,1-6H3,(H2,44,50)(H,45,51)(H,47,53)/t27-,29+,34+,35-,38+/m0/s1. The first-order valence-electron chi connectivity index (χ1n) is 19.6. The van der Waals surface area contributed by atoms with Crippen molar-refractivity contribution in [2.45, 2.75) is 130 Å². The number of benzene rings is 2. The van der Waals surface area contributed by atoms with Gasteiger partial charge in [0.25, 0.3) is 0 Å². The fraction of sp³-hybridized carbons (Fsp3) is 0.558. The van der Waals surface area contributed by atoms with Crippen LogP contribution in [-0.2, 0) is 43.5 Å². The number of ether oxygens (including phenoxy) is 1. The van der Waals surface area contributed by atoms with Crippen molar-refractivity contribution in [3.63, 3.8) is 0 Å². The largest absolute Gasteiger partial charge is 0.391 e. The number of thiazole rings is 1. The number of primary amides is 1. The first-order chi connectivity index (χ1) is 26.1. The van der Waals surface area contributed by atoms with Crippen molar-refractivity contribution in [3.8, 4) is 10.4 Å². The van der Waals surface area contributed by atoms with Gasteiger partial charge in [0, 0.05) is 31.3 Å². The van der Waals surface area contributed by atoms with Gasteiger partial charge in [-0.2, -0.15) is 0 Å². The number of aromatic nitrogens is 1. The number of nitrogens with one attached hydrogen (secondary N) is 2. The van der Waals surface area contributed by atoms with Crippen LogP contribution in [0.2, 0.25) is 0 Å². The van der Waals surface area contributed by atoms with Gasteiger partial charge in [0.2, 0.25) is 23.6 Å². The van der Waals surface area contributed by atoms with Crippen molar-refractivity contribution < 1.29 is 29.0 Å². The summed E-state index contributed by atoms with van der Waals surface area (Å²) in [5.41, 5.74) is 11.2. The third-order valence-corrected chi connectivity index (χ3v) is 12.3. The summed E-state index contributed by atoms with van der Waals surface area (Å²) < 4.78 is 6.04. The zero-order valence-electron chi connectivity index (χ0n) is 33.2. The van der Waals surface area contributed by atoms with Gasteiger partial charge in [-0.05, 0) is 86.0 Å². The van der Waals surface area contributed by atoms with Gasteiger partial charge in [0.15, 0.2) is 0 Å². The number of aliphatic hydroxyl groups excluding tert-OH is 1. The number of rotatable bonds is 18. The van der Waals surface area contributed by atoms with Crippen molar-refractivity contribution >= 4 is 35.0 Å². The predicted molar refractivity (Wildman–Crippen MR) is 215 cm³/mol. The molecule has 1 aliphatic heterocycles. The molecule has 55 heavy (non-hydrogen) atoms. The zero-order valence-corrected chi connectivity index (χ0v) is 34.0. The molecule has 298 valence electrons. The van der Waals surface area contributed by atoms with Crippen LogP contribution in [0.3, 0.4) is 0 Å². The molecular formula is C43H59N5O6S. The highest BCUT2D eigenvalue weighted by atomic mass is 32.1. The molecule has 3 aromatic rings. The first kappa shape index (κ1) is 42.0. The average Bonchev–Trinajstić information content (AvgIpc) is 3.65. The van der Waals surface area contributed by atoms with Crippen LogP contribution in [0.25, 0.3) is 10.4 Å². The smallest absolute Gasteiger partial charge is 0.246 e. The lowest BCUT2D eigenvalue weighted by Crippen LogP contribution is -2.58. The van der Waals surface area contributed by atoms with Gasteiger partial charge in [-0.3, -0.25) is 19.2 Å². The second-order valence-corrected chi connectivity index (χ2v) is 17.7. The van der Waals surface area contributed by atoms with Gasteiger partial charge < -0.3 is 31.1 Å². The van der Waals surface area contributed by atoms with Crippen LogP contribution in [0.4, 0.5) is 0 Å². The molecule has 1 saturated carbocycles. The van der Waals surface area contributed by atoms with Gasteiger partial charge in [-0.15, -0.1) is 11.3 Å². The highest BCUT2D eigenvalue weighted by Crippen LogP contribution is 2.50. The highest BCUT2D eigenvalue weighted by Gasteiger charge is 2.52. The van der Waals surface area contributed by atoms with Crippen LogP contribution in [0, 0.1) is 23.7 Å². The van der Waals surface area contributed by atoms with E-state index in [1.807, 2.05) is 64.4 Å². The lowest BCUT2D eigenvalue weighted by atomic mass is 9.84. The number of likely N-dealkylation sites (tertiary alicyclic amines) is 1. The number of nitrogens with two attached hydrogens (primary N) is 1. The molecule has 0 bridgehead atoms. The minimum Gasteiger partial charge on any atom is -0.391 e. The number of carbonyl (C=O) groups is 4. The zero-order chi connectivity index (χ0) is 39.9. The molecule has 2 fully saturated rings. The second-order valence-electron chi connectivity index (χ2n) is 16.8. The Labute approximate surface area is 329 Å². The number of aliphatic hydroxyl groups is 1. The van der Waals surface area contributed by atoms with Crippen LogP contribution >= 0.6 is 11.3 Å². The monoisotopic (exact) mass is 773 g/mol. The summed E-state index contributed by atoms with van der Waals surface area (Å²) in [5, 5.41) is 16.7. The Kier molecular flexibility index (Phi) is 13.9. The van der Waals surface area contributed by atoms with E-state index in [2.05, 4.69) is 46.8 Å². The van der Waals surface area contributed by atoms with E-state index in [1.54, 1.807) is 11.3 Å². The van der Waals surface area contributed by atoms with Crippen LogP contribution < -0.4 is 16.4 Å². The Morgan fingerprint density at radius 1 is 1.04 bits per heavy atom. The van der Waals surface area contributed by atoms with Crippen molar-refractivity contribution in [2.24, 2.45) is 22.5 Å². The molecule has 11 nitrogen and oxygen atoms in total.